The maximum Gasteiger partial charge on any atom is 0.330 e. The lowest BCUT2D eigenvalue weighted by Crippen LogP contribution is -2.48. The Bertz CT molecular complexity index is 1800. The van der Waals surface area contributed by atoms with Crippen LogP contribution in [-0.2, 0) is 29.0 Å². The van der Waals surface area contributed by atoms with Crippen LogP contribution in [0, 0.1) is 6.92 Å². The molecule has 4 rings (SSSR count). The van der Waals surface area contributed by atoms with Gasteiger partial charge in [-0.1, -0.05) is 42.5 Å². The van der Waals surface area contributed by atoms with Gasteiger partial charge in [0.25, 0.3) is 17.7 Å². The summed E-state index contributed by atoms with van der Waals surface area (Å²) in [5.74, 6) is -2.10. The van der Waals surface area contributed by atoms with Crippen molar-refractivity contribution in [2.75, 3.05) is 34.4 Å². The predicted octanol–water partition coefficient (Wildman–Crippen LogP) is 2.49. The topological polar surface area (TPSA) is 179 Å². The Morgan fingerprint density at radius 2 is 1.57 bits per heavy atom. The third-order valence-corrected chi connectivity index (χ3v) is 8.91. The van der Waals surface area contributed by atoms with Crippen LogP contribution in [0.2, 0.25) is 0 Å². The molecule has 0 aliphatic heterocycles. The molecule has 1 aromatic heterocycles. The second kappa shape index (κ2) is 18.7. The summed E-state index contributed by atoms with van der Waals surface area (Å²) >= 11 is 1.40. The Hall–Kier alpha value is -5.15. The summed E-state index contributed by atoms with van der Waals surface area (Å²) in [7, 11) is 4.28. The van der Waals surface area contributed by atoms with Gasteiger partial charge in [0.2, 0.25) is 0 Å². The lowest BCUT2D eigenvalue weighted by molar-refractivity contribution is -0.143. The van der Waals surface area contributed by atoms with Gasteiger partial charge in [-0.25, -0.2) is 9.78 Å². The van der Waals surface area contributed by atoms with Gasteiger partial charge in [-0.05, 0) is 54.8 Å². The van der Waals surface area contributed by atoms with Crippen molar-refractivity contribution < 1.29 is 38.9 Å². The van der Waals surface area contributed by atoms with Gasteiger partial charge in [0, 0.05) is 47.9 Å². The fourth-order valence-electron chi connectivity index (χ4n) is 5.24. The molecule has 5 N–H and O–H groups in total. The zero-order valence-corrected chi connectivity index (χ0v) is 29.7. The number of hydrogen-bond donors (Lipinski definition) is 5. The fourth-order valence-corrected chi connectivity index (χ4v) is 6.06. The quantitative estimate of drug-likeness (QED) is 0.102. The number of aryl methyl sites for hydroxylation is 1. The molecule has 0 fully saturated rings. The van der Waals surface area contributed by atoms with Gasteiger partial charge in [0.05, 0.1) is 39.5 Å². The highest BCUT2D eigenvalue weighted by Gasteiger charge is 2.26. The van der Waals surface area contributed by atoms with E-state index in [2.05, 4.69) is 25.7 Å². The van der Waals surface area contributed by atoms with Crippen LogP contribution in [0.1, 0.15) is 52.9 Å². The largest absolute Gasteiger partial charge is 0.497 e. The van der Waals surface area contributed by atoms with Crippen LogP contribution in [0.25, 0.3) is 0 Å². The highest BCUT2D eigenvalue weighted by atomic mass is 32.1. The Balaban J connectivity index is 1.60. The van der Waals surface area contributed by atoms with Crippen LogP contribution >= 0.6 is 11.3 Å². The van der Waals surface area contributed by atoms with Crippen molar-refractivity contribution in [1.29, 1.82) is 0 Å². The molecule has 0 spiro atoms. The second-order valence-corrected chi connectivity index (χ2v) is 12.8. The molecule has 51 heavy (non-hydrogen) atoms. The number of carbonyl (C=O) groups excluding carboxylic acids is 4. The van der Waals surface area contributed by atoms with Crippen LogP contribution in [0.15, 0.2) is 78.2 Å². The molecule has 0 saturated carbocycles. The standard InChI is InChI=1S/C37H43N5O8S/c1-23-22-51-33(39-23)20-42(2)36(47)28-16-26(15-27(17-28)35(46)41-31(21-43)37(48)50-4)34(45)40-30(14-24-9-6-5-7-10-24)32(44)19-38-18-25-11-8-12-29(13-25)49-3/h5-13,15-17,22,30-32,38,43-44H,14,18-21H2,1-4H3,(H,40,45)(H,41,46)/t30?,31?,32-/m1/s1. The molecule has 0 radical (unpaired) electrons. The summed E-state index contributed by atoms with van der Waals surface area (Å²) in [6.45, 7) is 1.89. The number of aliphatic hydroxyl groups excluding tert-OH is 2. The number of aliphatic hydroxyl groups is 2. The van der Waals surface area contributed by atoms with Gasteiger partial charge >= 0.3 is 5.97 Å². The SMILES string of the molecule is COC(=O)C(CO)NC(=O)c1cc(C(=O)NC(Cc2ccccc2)[C@H](O)CNCc2cccc(OC)c2)cc(C(=O)N(C)Cc2nc(C)cs2)c1. The zero-order valence-electron chi connectivity index (χ0n) is 28.9. The van der Waals surface area contributed by atoms with E-state index in [4.69, 9.17) is 4.74 Å². The van der Waals surface area contributed by atoms with Crippen LogP contribution in [-0.4, -0.2) is 96.4 Å². The molecule has 2 unspecified atom stereocenters. The summed E-state index contributed by atoms with van der Waals surface area (Å²) in [6, 6.07) is 18.7. The van der Waals surface area contributed by atoms with Crippen LogP contribution < -0.4 is 20.7 Å². The number of aromatic nitrogens is 1. The third kappa shape index (κ3) is 11.2. The molecule has 0 aliphatic rings. The number of rotatable bonds is 17. The van der Waals surface area contributed by atoms with E-state index in [1.54, 1.807) is 14.2 Å². The number of amides is 3. The number of thiazole rings is 1. The van der Waals surface area contributed by atoms with E-state index < -0.39 is 48.5 Å². The van der Waals surface area contributed by atoms with Crippen LogP contribution in [0.4, 0.5) is 0 Å². The van der Waals surface area contributed by atoms with Crippen LogP contribution in [0.5, 0.6) is 5.75 Å². The third-order valence-electron chi connectivity index (χ3n) is 7.96. The Kier molecular flexibility index (Phi) is 14.2. The average molecular weight is 718 g/mol. The molecule has 0 saturated heterocycles. The number of methoxy groups -OCH3 is 2. The minimum Gasteiger partial charge on any atom is -0.497 e. The first-order valence-electron chi connectivity index (χ1n) is 16.2. The number of esters is 1. The lowest BCUT2D eigenvalue weighted by atomic mass is 9.99. The maximum absolute atomic E-state index is 13.9. The van der Waals surface area contributed by atoms with Crippen LogP contribution in [0.3, 0.4) is 0 Å². The molecule has 1 heterocycles. The second-order valence-electron chi connectivity index (χ2n) is 11.9. The predicted molar refractivity (Wildman–Crippen MR) is 192 cm³/mol. The first-order valence-corrected chi connectivity index (χ1v) is 17.1. The number of benzene rings is 3. The highest BCUT2D eigenvalue weighted by molar-refractivity contribution is 7.09. The minimum absolute atomic E-state index is 0.0299. The summed E-state index contributed by atoms with van der Waals surface area (Å²) < 4.78 is 9.95. The molecule has 3 atom stereocenters. The van der Waals surface area contributed by atoms with Crippen molar-refractivity contribution in [2.24, 2.45) is 0 Å². The molecular formula is C37H43N5O8S. The number of carbonyl (C=O) groups is 4. The lowest BCUT2D eigenvalue weighted by Gasteiger charge is -2.25. The summed E-state index contributed by atoms with van der Waals surface area (Å²) in [4.78, 5) is 58.8. The van der Waals surface area contributed by atoms with E-state index in [-0.39, 0.29) is 36.2 Å². The van der Waals surface area contributed by atoms with E-state index in [9.17, 15) is 29.4 Å². The zero-order chi connectivity index (χ0) is 36.9. The number of ether oxygens (including phenoxy) is 2. The van der Waals surface area contributed by atoms with E-state index in [0.717, 1.165) is 23.9 Å². The fraction of sp³-hybridized carbons (Fsp3) is 0.324. The monoisotopic (exact) mass is 717 g/mol. The first kappa shape index (κ1) is 38.6. The Morgan fingerprint density at radius 1 is 0.902 bits per heavy atom. The molecule has 0 aliphatic carbocycles. The molecule has 4 aromatic rings. The van der Waals surface area contributed by atoms with E-state index in [1.807, 2.05) is 66.9 Å². The van der Waals surface area contributed by atoms with Crippen molar-refractivity contribution in [3.05, 3.63) is 117 Å². The van der Waals surface area contributed by atoms with Gasteiger partial charge in [0.1, 0.15) is 10.8 Å². The molecule has 13 nitrogen and oxygen atoms in total. The van der Waals surface area contributed by atoms with Crippen molar-refractivity contribution in [3.63, 3.8) is 0 Å². The average Bonchev–Trinajstić information content (AvgIpc) is 3.56. The molecule has 3 aromatic carbocycles. The van der Waals surface area contributed by atoms with Crippen molar-refractivity contribution in [1.82, 2.24) is 25.8 Å². The smallest absolute Gasteiger partial charge is 0.330 e. The van der Waals surface area contributed by atoms with Crippen molar-refractivity contribution in [2.45, 2.75) is 44.6 Å². The van der Waals surface area contributed by atoms with E-state index in [1.165, 1.54) is 34.4 Å². The number of hydrogen-bond acceptors (Lipinski definition) is 11. The molecule has 3 amide bonds. The van der Waals surface area contributed by atoms with Gasteiger partial charge in [0.15, 0.2) is 6.04 Å². The first-order chi connectivity index (χ1) is 24.5. The Labute approximate surface area is 300 Å². The van der Waals surface area contributed by atoms with Gasteiger partial charge < -0.3 is 40.5 Å². The maximum atomic E-state index is 13.9. The number of nitrogens with one attached hydrogen (secondary N) is 3. The van der Waals surface area contributed by atoms with Gasteiger partial charge in [-0.15, -0.1) is 11.3 Å². The summed E-state index contributed by atoms with van der Waals surface area (Å²) in [5.41, 5.74) is 2.53. The van der Waals surface area contributed by atoms with Crippen molar-refractivity contribution in [3.8, 4) is 5.75 Å². The molecule has 270 valence electrons. The van der Waals surface area contributed by atoms with E-state index >= 15 is 0 Å². The van der Waals surface area contributed by atoms with Gasteiger partial charge in [-0.2, -0.15) is 0 Å². The van der Waals surface area contributed by atoms with Gasteiger partial charge in [-0.3, -0.25) is 14.4 Å². The minimum atomic E-state index is -1.37. The molecular weight excluding hydrogens is 675 g/mol. The molecule has 14 heteroatoms. The Morgan fingerprint density at radius 3 is 2.20 bits per heavy atom. The molecule has 0 bridgehead atoms. The van der Waals surface area contributed by atoms with E-state index in [0.29, 0.717) is 17.3 Å². The summed E-state index contributed by atoms with van der Waals surface area (Å²) in [5, 5.41) is 32.1. The summed E-state index contributed by atoms with van der Waals surface area (Å²) in [6.07, 6.45) is -0.751. The number of nitrogens with zero attached hydrogens (tertiary/aromatic N) is 2. The highest BCUT2D eigenvalue weighted by Crippen LogP contribution is 2.18. The van der Waals surface area contributed by atoms with Crippen molar-refractivity contribution >= 4 is 35.0 Å². The normalized spacial score (nSPS) is 12.7.